The first-order valence-corrected chi connectivity index (χ1v) is 7.53. The fourth-order valence-electron chi connectivity index (χ4n) is 2.70. The molecule has 22 heavy (non-hydrogen) atoms. The van der Waals surface area contributed by atoms with Gasteiger partial charge in [0.25, 0.3) is 0 Å². The molecule has 6 heteroatoms. The van der Waals surface area contributed by atoms with E-state index >= 15 is 0 Å². The van der Waals surface area contributed by atoms with E-state index in [2.05, 4.69) is 25.6 Å². The largest absolute Gasteiger partial charge is 0.325 e. The van der Waals surface area contributed by atoms with E-state index in [4.69, 9.17) is 0 Å². The van der Waals surface area contributed by atoms with E-state index in [9.17, 15) is 0 Å². The predicted molar refractivity (Wildman–Crippen MR) is 90.8 cm³/mol. The summed E-state index contributed by atoms with van der Waals surface area (Å²) in [6.45, 7) is 4.22. The molecule has 1 aliphatic heterocycles. The Bertz CT molecular complexity index is 584. The zero-order chi connectivity index (χ0) is 14.5. The van der Waals surface area contributed by atoms with E-state index in [1.807, 2.05) is 31.2 Å². The molecule has 3 heterocycles. The molecular formula is C16H22ClN5. The second-order valence-corrected chi connectivity index (χ2v) is 5.55. The molecule has 0 aliphatic carbocycles. The van der Waals surface area contributed by atoms with Gasteiger partial charge in [0.15, 0.2) is 0 Å². The minimum absolute atomic E-state index is 0. The van der Waals surface area contributed by atoms with E-state index in [-0.39, 0.29) is 12.4 Å². The average Bonchev–Trinajstić information content (AvgIpc) is 2.48. The number of halogens is 1. The SMILES string of the molecule is Cc1cc(Nc2ccccn2)nc(CC2CCNCC2)n1.Cl. The van der Waals surface area contributed by atoms with Gasteiger partial charge in [0.05, 0.1) is 0 Å². The number of aromatic nitrogens is 3. The summed E-state index contributed by atoms with van der Waals surface area (Å²) < 4.78 is 0. The zero-order valence-electron chi connectivity index (χ0n) is 12.7. The van der Waals surface area contributed by atoms with Crippen molar-refractivity contribution < 1.29 is 0 Å². The lowest BCUT2D eigenvalue weighted by Gasteiger charge is -2.22. The molecule has 3 rings (SSSR count). The highest BCUT2D eigenvalue weighted by atomic mass is 35.5. The number of aryl methyl sites for hydroxylation is 1. The van der Waals surface area contributed by atoms with Gasteiger partial charge in [-0.3, -0.25) is 0 Å². The van der Waals surface area contributed by atoms with Crippen molar-refractivity contribution in [3.8, 4) is 0 Å². The molecule has 0 saturated carbocycles. The summed E-state index contributed by atoms with van der Waals surface area (Å²) in [5.74, 6) is 3.25. The Hall–Kier alpha value is -1.72. The van der Waals surface area contributed by atoms with Crippen molar-refractivity contribution >= 4 is 24.0 Å². The lowest BCUT2D eigenvalue weighted by atomic mass is 9.94. The van der Waals surface area contributed by atoms with Crippen molar-refractivity contribution in [1.82, 2.24) is 20.3 Å². The average molecular weight is 320 g/mol. The number of anilines is 2. The van der Waals surface area contributed by atoms with Crippen LogP contribution in [0.25, 0.3) is 0 Å². The normalized spacial score (nSPS) is 15.1. The lowest BCUT2D eigenvalue weighted by Crippen LogP contribution is -2.29. The van der Waals surface area contributed by atoms with Gasteiger partial charge >= 0.3 is 0 Å². The Morgan fingerprint density at radius 2 is 2.00 bits per heavy atom. The first-order chi connectivity index (χ1) is 10.3. The molecule has 0 amide bonds. The van der Waals surface area contributed by atoms with Gasteiger partial charge in [-0.05, 0) is 50.9 Å². The second kappa shape index (κ2) is 8.06. The van der Waals surface area contributed by atoms with Crippen molar-refractivity contribution in [1.29, 1.82) is 0 Å². The number of piperidine rings is 1. The quantitative estimate of drug-likeness (QED) is 0.907. The van der Waals surface area contributed by atoms with Crippen LogP contribution in [-0.2, 0) is 6.42 Å². The first kappa shape index (κ1) is 16.6. The van der Waals surface area contributed by atoms with Crippen LogP contribution >= 0.6 is 12.4 Å². The highest BCUT2D eigenvalue weighted by Gasteiger charge is 2.15. The second-order valence-electron chi connectivity index (χ2n) is 5.55. The van der Waals surface area contributed by atoms with Gasteiger partial charge in [-0.2, -0.15) is 0 Å². The number of rotatable bonds is 4. The van der Waals surface area contributed by atoms with Crippen LogP contribution in [-0.4, -0.2) is 28.0 Å². The maximum absolute atomic E-state index is 4.64. The summed E-state index contributed by atoms with van der Waals surface area (Å²) in [7, 11) is 0. The fourth-order valence-corrected chi connectivity index (χ4v) is 2.70. The van der Waals surface area contributed by atoms with Crippen LogP contribution in [0.2, 0.25) is 0 Å². The van der Waals surface area contributed by atoms with Gasteiger partial charge < -0.3 is 10.6 Å². The van der Waals surface area contributed by atoms with Crippen molar-refractivity contribution in [3.05, 3.63) is 42.0 Å². The molecule has 0 unspecified atom stereocenters. The molecule has 5 nitrogen and oxygen atoms in total. The fraction of sp³-hybridized carbons (Fsp3) is 0.438. The van der Waals surface area contributed by atoms with Crippen LogP contribution in [0.3, 0.4) is 0 Å². The van der Waals surface area contributed by atoms with E-state index in [0.29, 0.717) is 5.92 Å². The Morgan fingerprint density at radius 3 is 2.73 bits per heavy atom. The Labute approximate surface area is 137 Å². The van der Waals surface area contributed by atoms with Crippen LogP contribution in [0, 0.1) is 12.8 Å². The molecule has 2 aromatic rings. The molecule has 0 bridgehead atoms. The highest BCUT2D eigenvalue weighted by molar-refractivity contribution is 5.85. The smallest absolute Gasteiger partial charge is 0.135 e. The van der Waals surface area contributed by atoms with Gasteiger partial charge in [-0.25, -0.2) is 15.0 Å². The number of hydrogen-bond acceptors (Lipinski definition) is 5. The van der Waals surface area contributed by atoms with Crippen molar-refractivity contribution in [2.45, 2.75) is 26.2 Å². The van der Waals surface area contributed by atoms with Crippen LogP contribution in [0.5, 0.6) is 0 Å². The van der Waals surface area contributed by atoms with Gasteiger partial charge in [0, 0.05) is 24.4 Å². The summed E-state index contributed by atoms with van der Waals surface area (Å²) in [5.41, 5.74) is 0.993. The van der Waals surface area contributed by atoms with Crippen LogP contribution in [0.15, 0.2) is 30.5 Å². The third-order valence-corrected chi connectivity index (χ3v) is 3.75. The lowest BCUT2D eigenvalue weighted by molar-refractivity contribution is 0.367. The summed E-state index contributed by atoms with van der Waals surface area (Å²) in [6.07, 6.45) is 5.15. The zero-order valence-corrected chi connectivity index (χ0v) is 13.6. The maximum atomic E-state index is 4.64. The van der Waals surface area contributed by atoms with Crippen molar-refractivity contribution in [2.24, 2.45) is 5.92 Å². The minimum atomic E-state index is 0. The molecule has 1 aliphatic rings. The standard InChI is InChI=1S/C16H21N5.ClH/c1-12-10-15(20-14-4-2-3-7-18-14)21-16(19-12)11-13-5-8-17-9-6-13;/h2-4,7,10,13,17H,5-6,8-9,11H2,1H3,(H,18,19,20,21);1H. The molecule has 2 aromatic heterocycles. The molecular weight excluding hydrogens is 298 g/mol. The Kier molecular flexibility index (Phi) is 6.10. The maximum Gasteiger partial charge on any atom is 0.135 e. The van der Waals surface area contributed by atoms with Crippen LogP contribution < -0.4 is 10.6 Å². The molecule has 118 valence electrons. The molecule has 1 fully saturated rings. The van der Waals surface area contributed by atoms with Gasteiger partial charge in [-0.15, -0.1) is 12.4 Å². The van der Waals surface area contributed by atoms with E-state index in [0.717, 1.165) is 42.7 Å². The summed E-state index contributed by atoms with van der Waals surface area (Å²) in [5, 5.41) is 6.64. The summed E-state index contributed by atoms with van der Waals surface area (Å²) >= 11 is 0. The third-order valence-electron chi connectivity index (χ3n) is 3.75. The number of pyridine rings is 1. The monoisotopic (exact) mass is 319 g/mol. The molecule has 0 radical (unpaired) electrons. The van der Waals surface area contributed by atoms with Crippen molar-refractivity contribution in [3.63, 3.8) is 0 Å². The topological polar surface area (TPSA) is 62.7 Å². The number of nitrogens with zero attached hydrogens (tertiary/aromatic N) is 3. The molecule has 0 spiro atoms. The van der Waals surface area contributed by atoms with Gasteiger partial charge in [0.2, 0.25) is 0 Å². The van der Waals surface area contributed by atoms with E-state index < -0.39 is 0 Å². The number of hydrogen-bond donors (Lipinski definition) is 2. The van der Waals surface area contributed by atoms with Crippen LogP contribution in [0.1, 0.15) is 24.4 Å². The summed E-state index contributed by atoms with van der Waals surface area (Å²) in [6, 6.07) is 7.75. The number of nitrogens with one attached hydrogen (secondary N) is 2. The third kappa shape index (κ3) is 4.64. The molecule has 2 N–H and O–H groups in total. The molecule has 0 aromatic carbocycles. The van der Waals surface area contributed by atoms with Crippen LogP contribution in [0.4, 0.5) is 11.6 Å². The van der Waals surface area contributed by atoms with E-state index in [1.54, 1.807) is 6.20 Å². The summed E-state index contributed by atoms with van der Waals surface area (Å²) in [4.78, 5) is 13.5. The molecule has 0 atom stereocenters. The van der Waals surface area contributed by atoms with E-state index in [1.165, 1.54) is 12.8 Å². The van der Waals surface area contributed by atoms with Gasteiger partial charge in [-0.1, -0.05) is 6.07 Å². The Morgan fingerprint density at radius 1 is 1.18 bits per heavy atom. The van der Waals surface area contributed by atoms with Gasteiger partial charge in [0.1, 0.15) is 17.5 Å². The Balaban J connectivity index is 0.00000176. The van der Waals surface area contributed by atoms with Crippen molar-refractivity contribution in [2.75, 3.05) is 18.4 Å². The predicted octanol–water partition coefficient (Wildman–Crippen LogP) is 2.89. The highest BCUT2D eigenvalue weighted by Crippen LogP contribution is 2.18. The first-order valence-electron chi connectivity index (χ1n) is 7.53. The molecule has 1 saturated heterocycles. The minimum Gasteiger partial charge on any atom is -0.325 e.